The van der Waals surface area contributed by atoms with Gasteiger partial charge >= 0.3 is 0 Å². The fraction of sp³-hybridized carbons (Fsp3) is 0.650. The van der Waals surface area contributed by atoms with Crippen molar-refractivity contribution in [3.05, 3.63) is 23.7 Å². The molecule has 1 amide bonds. The first-order chi connectivity index (χ1) is 13.7. The molecule has 2 fully saturated rings. The molecule has 0 aromatic rings. The van der Waals surface area contributed by atoms with E-state index in [1.807, 2.05) is 0 Å². The quantitative estimate of drug-likeness (QED) is 0.676. The maximum atomic E-state index is 14.5. The van der Waals surface area contributed by atoms with Crippen LogP contribution in [0.15, 0.2) is 33.7 Å². The number of thioether (sulfide) groups is 1. The molecule has 3 heterocycles. The lowest BCUT2D eigenvalue weighted by atomic mass is 9.94. The molecule has 1 aliphatic carbocycles. The normalized spacial score (nSPS) is 28.7. The molecule has 2 atom stereocenters. The fourth-order valence-electron chi connectivity index (χ4n) is 3.67. The van der Waals surface area contributed by atoms with E-state index in [-0.39, 0.29) is 0 Å². The molecule has 8 heteroatoms. The highest BCUT2D eigenvalue weighted by atomic mass is 32.2. The molecule has 6 nitrogen and oxygen atoms in total. The molecule has 0 spiro atoms. The predicted molar refractivity (Wildman–Crippen MR) is 106 cm³/mol. The average molecular weight is 408 g/mol. The number of rotatable bonds is 6. The van der Waals surface area contributed by atoms with E-state index < -0.39 is 17.7 Å². The third kappa shape index (κ3) is 4.90. The van der Waals surface area contributed by atoms with Crippen molar-refractivity contribution >= 4 is 29.2 Å². The largest absolute Gasteiger partial charge is 0.493 e. The summed E-state index contributed by atoms with van der Waals surface area (Å²) in [5.74, 6) is -0.350. The summed E-state index contributed by atoms with van der Waals surface area (Å²) >= 11 is 1.73. The third-order valence-corrected chi connectivity index (χ3v) is 6.61. The van der Waals surface area contributed by atoms with Crippen LogP contribution in [-0.2, 0) is 19.0 Å². The Morgan fingerprint density at radius 3 is 2.79 bits per heavy atom. The Morgan fingerprint density at radius 1 is 1.14 bits per heavy atom. The predicted octanol–water partition coefficient (Wildman–Crippen LogP) is 3.09. The van der Waals surface area contributed by atoms with Crippen LogP contribution < -0.4 is 0 Å². The van der Waals surface area contributed by atoms with Gasteiger partial charge in [-0.3, -0.25) is 4.79 Å². The summed E-state index contributed by atoms with van der Waals surface area (Å²) in [6.45, 7) is 3.47. The van der Waals surface area contributed by atoms with Crippen molar-refractivity contribution in [2.24, 2.45) is 21.8 Å². The molecule has 3 aliphatic heterocycles. The zero-order chi connectivity index (χ0) is 19.3. The minimum atomic E-state index is -1.03. The topological polar surface area (TPSA) is 69.5 Å². The Bertz CT molecular complexity index is 722. The Kier molecular flexibility index (Phi) is 6.59. The highest BCUT2D eigenvalue weighted by Gasteiger charge is 2.35. The van der Waals surface area contributed by atoms with Gasteiger partial charge in [0.1, 0.15) is 23.3 Å². The van der Waals surface area contributed by atoms with Crippen LogP contribution in [-0.4, -0.2) is 61.5 Å². The van der Waals surface area contributed by atoms with Crippen molar-refractivity contribution < 1.29 is 23.4 Å². The zero-order valence-electron chi connectivity index (χ0n) is 15.8. The average Bonchev–Trinajstić information content (AvgIpc) is 2.72. The number of allylic oxidation sites excluding steroid dienone is 2. The van der Waals surface area contributed by atoms with Gasteiger partial charge < -0.3 is 14.2 Å². The van der Waals surface area contributed by atoms with Gasteiger partial charge in [0.05, 0.1) is 24.7 Å². The number of aliphatic imine (C=N–C) groups is 2. The van der Waals surface area contributed by atoms with Gasteiger partial charge in [0.25, 0.3) is 5.91 Å². The Morgan fingerprint density at radius 2 is 2.00 bits per heavy atom. The molecule has 0 radical (unpaired) electrons. The summed E-state index contributed by atoms with van der Waals surface area (Å²) in [5, 5.41) is 0.486. The van der Waals surface area contributed by atoms with Gasteiger partial charge in [-0.2, -0.15) is 16.8 Å². The molecule has 0 bridgehead atoms. The number of ether oxygens (including phenoxy) is 3. The van der Waals surface area contributed by atoms with Crippen molar-refractivity contribution in [3.8, 4) is 0 Å². The number of halogens is 1. The smallest absolute Gasteiger partial charge is 0.263 e. The number of carbonyl (C=O) groups excluding carboxylic acids is 1. The van der Waals surface area contributed by atoms with Crippen LogP contribution in [0.4, 0.5) is 4.39 Å². The van der Waals surface area contributed by atoms with Crippen LogP contribution in [0.5, 0.6) is 0 Å². The summed E-state index contributed by atoms with van der Waals surface area (Å²) in [6, 6.07) is 0. The summed E-state index contributed by atoms with van der Waals surface area (Å²) in [7, 11) is 0. The summed E-state index contributed by atoms with van der Waals surface area (Å²) in [4.78, 5) is 20.8. The number of hydrogen-bond donors (Lipinski definition) is 0. The molecule has 4 rings (SSSR count). The van der Waals surface area contributed by atoms with Crippen LogP contribution in [0.3, 0.4) is 0 Å². The standard InChI is InChI=1S/C20H25FN2O4S/c21-16-8-14(27-11-13-2-1-5-26-10-13)9-17-19(16)20(24)23-18(22-17)12-28-15-3-6-25-7-4-15/h8-9,13,15,19H,1-7,10-12H2. The van der Waals surface area contributed by atoms with Crippen LogP contribution in [0.2, 0.25) is 0 Å². The first kappa shape index (κ1) is 19.8. The lowest BCUT2D eigenvalue weighted by Crippen LogP contribution is -2.31. The van der Waals surface area contributed by atoms with Crippen molar-refractivity contribution in [2.45, 2.75) is 30.9 Å². The minimum absolute atomic E-state index is 0.312. The first-order valence-corrected chi connectivity index (χ1v) is 10.9. The second-order valence-electron chi connectivity index (χ2n) is 7.43. The Balaban J connectivity index is 1.39. The molecule has 0 N–H and O–H groups in total. The highest BCUT2D eigenvalue weighted by Crippen LogP contribution is 2.29. The van der Waals surface area contributed by atoms with Crippen LogP contribution in [0, 0.1) is 11.8 Å². The van der Waals surface area contributed by atoms with Crippen LogP contribution in [0.25, 0.3) is 0 Å². The van der Waals surface area contributed by atoms with Crippen LogP contribution >= 0.6 is 11.8 Å². The molecule has 0 saturated carbocycles. The van der Waals surface area contributed by atoms with E-state index in [9.17, 15) is 9.18 Å². The number of carbonyl (C=O) groups is 1. The van der Waals surface area contributed by atoms with E-state index in [1.165, 1.54) is 6.08 Å². The van der Waals surface area contributed by atoms with Gasteiger partial charge in [-0.05, 0) is 25.7 Å². The SMILES string of the molecule is O=C1N=C(CSC2CCOCC2)N=C2C=C(OCC3CCCOC3)C=C(F)C12. The highest BCUT2D eigenvalue weighted by molar-refractivity contribution is 8.00. The Hall–Kier alpha value is -1.51. The second kappa shape index (κ2) is 9.33. The van der Waals surface area contributed by atoms with E-state index in [1.54, 1.807) is 17.8 Å². The summed E-state index contributed by atoms with van der Waals surface area (Å²) in [6.07, 6.45) is 7.00. The molecule has 28 heavy (non-hydrogen) atoms. The van der Waals surface area contributed by atoms with Crippen molar-refractivity contribution in [1.29, 1.82) is 0 Å². The number of nitrogens with zero attached hydrogens (tertiary/aromatic N) is 2. The third-order valence-electron chi connectivity index (χ3n) is 5.24. The van der Waals surface area contributed by atoms with Gasteiger partial charge in [-0.15, -0.1) is 0 Å². The second-order valence-corrected chi connectivity index (χ2v) is 8.72. The lowest BCUT2D eigenvalue weighted by Gasteiger charge is -2.25. The van der Waals surface area contributed by atoms with Crippen molar-refractivity contribution in [1.82, 2.24) is 0 Å². The first-order valence-electron chi connectivity index (χ1n) is 9.87. The molecule has 4 aliphatic rings. The molecular formula is C20H25FN2O4S. The van der Waals surface area contributed by atoms with Gasteiger partial charge in [0.15, 0.2) is 0 Å². The lowest BCUT2D eigenvalue weighted by molar-refractivity contribution is -0.119. The summed E-state index contributed by atoms with van der Waals surface area (Å²) < 4.78 is 31.1. The molecular weight excluding hydrogens is 383 g/mol. The van der Waals surface area contributed by atoms with E-state index in [4.69, 9.17) is 14.2 Å². The fourth-order valence-corrected chi connectivity index (χ4v) is 4.71. The van der Waals surface area contributed by atoms with Gasteiger partial charge in [0.2, 0.25) is 0 Å². The minimum Gasteiger partial charge on any atom is -0.493 e. The molecule has 2 saturated heterocycles. The maximum absolute atomic E-state index is 14.5. The maximum Gasteiger partial charge on any atom is 0.263 e. The number of hydrogen-bond acceptors (Lipinski definition) is 6. The molecule has 0 aromatic carbocycles. The molecule has 2 unspecified atom stereocenters. The van der Waals surface area contributed by atoms with Gasteiger partial charge in [0, 0.05) is 43.1 Å². The number of amidine groups is 1. The van der Waals surface area contributed by atoms with Crippen molar-refractivity contribution in [3.63, 3.8) is 0 Å². The monoisotopic (exact) mass is 408 g/mol. The molecule has 152 valence electrons. The van der Waals surface area contributed by atoms with E-state index >= 15 is 0 Å². The van der Waals surface area contributed by atoms with Gasteiger partial charge in [-0.25, -0.2) is 9.38 Å². The zero-order valence-corrected chi connectivity index (χ0v) is 16.6. The number of amides is 1. The molecule has 0 aromatic heterocycles. The van der Waals surface area contributed by atoms with E-state index in [0.717, 1.165) is 45.5 Å². The summed E-state index contributed by atoms with van der Waals surface area (Å²) in [5.41, 5.74) is 0.387. The van der Waals surface area contributed by atoms with Crippen LogP contribution in [0.1, 0.15) is 25.7 Å². The Labute approximate surface area is 168 Å². The number of fused-ring (bicyclic) bond motifs is 1. The van der Waals surface area contributed by atoms with E-state index in [0.29, 0.717) is 47.4 Å². The van der Waals surface area contributed by atoms with Crippen molar-refractivity contribution in [2.75, 3.05) is 38.8 Å². The van der Waals surface area contributed by atoms with Gasteiger partial charge in [-0.1, -0.05) is 0 Å². The van der Waals surface area contributed by atoms with E-state index in [2.05, 4.69) is 9.98 Å².